The van der Waals surface area contributed by atoms with E-state index in [1.54, 1.807) is 12.1 Å². The normalized spacial score (nSPS) is 19.7. The molecule has 8 heteroatoms. The summed E-state index contributed by atoms with van der Waals surface area (Å²) >= 11 is 0. The summed E-state index contributed by atoms with van der Waals surface area (Å²) in [6, 6.07) is 7.71. The Balaban J connectivity index is 1.59. The Morgan fingerprint density at radius 1 is 1.10 bits per heavy atom. The number of allylic oxidation sites excluding steroid dienone is 1. The van der Waals surface area contributed by atoms with Gasteiger partial charge in [0.25, 0.3) is 0 Å². The molecule has 0 radical (unpaired) electrons. The second-order valence-corrected chi connectivity index (χ2v) is 7.25. The maximum atomic E-state index is 13.0. The molecule has 2 aliphatic rings. The topological polar surface area (TPSA) is 67.8 Å². The number of aromatic hydroxyl groups is 1. The Labute approximate surface area is 171 Å². The van der Waals surface area contributed by atoms with E-state index in [0.29, 0.717) is 48.3 Å². The van der Waals surface area contributed by atoms with E-state index in [4.69, 9.17) is 9.47 Å². The minimum Gasteiger partial charge on any atom is -0.508 e. The van der Waals surface area contributed by atoms with E-state index in [-0.39, 0.29) is 30.1 Å². The van der Waals surface area contributed by atoms with Crippen LogP contribution in [-0.4, -0.2) is 24.2 Å². The molecule has 2 aliphatic heterocycles. The molecule has 2 aromatic rings. The molecule has 30 heavy (non-hydrogen) atoms. The van der Waals surface area contributed by atoms with Crippen molar-refractivity contribution in [3.05, 3.63) is 59.2 Å². The van der Waals surface area contributed by atoms with Crippen LogP contribution >= 0.6 is 0 Å². The number of hydrogen-bond acceptors (Lipinski definition) is 4. The molecule has 2 heterocycles. The van der Waals surface area contributed by atoms with Gasteiger partial charge in [-0.15, -0.1) is 0 Å². The van der Waals surface area contributed by atoms with E-state index < -0.39 is 11.7 Å². The minimum absolute atomic E-state index is 0.0761. The number of ether oxygens (including phenoxy) is 2. The third-order valence-electron chi connectivity index (χ3n) is 5.16. The number of nitrogens with one attached hydrogen (secondary N) is 1. The molecule has 0 fully saturated rings. The standard InChI is InChI=1S/C22H20F3NO4/c23-22(24,25)14-3-5-16-13(2-1-8-29-20(16)11-14)10-21(28)26-18-7-9-30-19-6-4-15(27)12-17(18)19/h3-6,10-12,18,27H,1-2,7-9H2,(H,26,28)/b13-10+. The highest BCUT2D eigenvalue weighted by atomic mass is 19.4. The number of hydrogen-bond donors (Lipinski definition) is 2. The van der Waals surface area contributed by atoms with Gasteiger partial charge in [0.1, 0.15) is 17.2 Å². The Kier molecular flexibility index (Phi) is 5.32. The zero-order valence-electron chi connectivity index (χ0n) is 16.0. The van der Waals surface area contributed by atoms with Crippen LogP contribution in [0.2, 0.25) is 0 Å². The number of amides is 1. The average molecular weight is 419 g/mol. The summed E-state index contributed by atoms with van der Waals surface area (Å²) in [5.74, 6) is 0.443. The van der Waals surface area contributed by atoms with Gasteiger partial charge in [-0.2, -0.15) is 13.2 Å². The van der Waals surface area contributed by atoms with Crippen LogP contribution in [-0.2, 0) is 11.0 Å². The monoisotopic (exact) mass is 419 g/mol. The molecule has 1 unspecified atom stereocenters. The first-order chi connectivity index (χ1) is 14.3. The summed E-state index contributed by atoms with van der Waals surface area (Å²) in [5.41, 5.74) is 1.01. The predicted molar refractivity (Wildman–Crippen MR) is 103 cm³/mol. The number of benzene rings is 2. The van der Waals surface area contributed by atoms with Gasteiger partial charge in [0.05, 0.1) is 24.8 Å². The molecular formula is C22H20F3NO4. The van der Waals surface area contributed by atoms with Crippen LogP contribution in [0.3, 0.4) is 0 Å². The Bertz CT molecular complexity index is 1000. The van der Waals surface area contributed by atoms with Crippen molar-refractivity contribution in [2.45, 2.75) is 31.5 Å². The molecule has 2 N–H and O–H groups in total. The van der Waals surface area contributed by atoms with E-state index in [0.717, 1.165) is 12.1 Å². The fourth-order valence-electron chi connectivity index (χ4n) is 3.72. The highest BCUT2D eigenvalue weighted by Crippen LogP contribution is 2.38. The summed E-state index contributed by atoms with van der Waals surface area (Å²) in [4.78, 5) is 12.7. The van der Waals surface area contributed by atoms with Crippen molar-refractivity contribution < 1.29 is 32.5 Å². The largest absolute Gasteiger partial charge is 0.508 e. The number of rotatable bonds is 2. The fourth-order valence-corrected chi connectivity index (χ4v) is 3.72. The summed E-state index contributed by atoms with van der Waals surface area (Å²) in [7, 11) is 0. The number of phenols is 1. The maximum absolute atomic E-state index is 13.0. The van der Waals surface area contributed by atoms with Gasteiger partial charge in [-0.05, 0) is 48.7 Å². The van der Waals surface area contributed by atoms with Gasteiger partial charge in [0, 0.05) is 23.6 Å². The number of carbonyl (C=O) groups is 1. The Hall–Kier alpha value is -3.16. The zero-order valence-corrected chi connectivity index (χ0v) is 16.0. The molecule has 0 aliphatic carbocycles. The van der Waals surface area contributed by atoms with Crippen LogP contribution < -0.4 is 14.8 Å². The van der Waals surface area contributed by atoms with Gasteiger partial charge in [-0.1, -0.05) is 6.07 Å². The first-order valence-corrected chi connectivity index (χ1v) is 9.62. The number of carbonyl (C=O) groups excluding carboxylic acids is 1. The maximum Gasteiger partial charge on any atom is 0.416 e. The van der Waals surface area contributed by atoms with Gasteiger partial charge in [0.2, 0.25) is 5.91 Å². The van der Waals surface area contributed by atoms with E-state index in [2.05, 4.69) is 5.32 Å². The molecule has 4 rings (SSSR count). The average Bonchev–Trinajstić information content (AvgIpc) is 2.89. The van der Waals surface area contributed by atoms with Crippen LogP contribution in [0.4, 0.5) is 13.2 Å². The predicted octanol–water partition coefficient (Wildman–Crippen LogP) is 4.61. The lowest BCUT2D eigenvalue weighted by Crippen LogP contribution is -2.31. The third kappa shape index (κ3) is 4.22. The number of phenolic OH excluding ortho intramolecular Hbond substituents is 1. The molecule has 0 saturated heterocycles. The van der Waals surface area contributed by atoms with Gasteiger partial charge in [0.15, 0.2) is 0 Å². The fraction of sp³-hybridized carbons (Fsp3) is 0.318. The van der Waals surface area contributed by atoms with Crippen LogP contribution in [0.25, 0.3) is 5.57 Å². The number of fused-ring (bicyclic) bond motifs is 2. The minimum atomic E-state index is -4.46. The van der Waals surface area contributed by atoms with Gasteiger partial charge in [-0.25, -0.2) is 0 Å². The second kappa shape index (κ2) is 7.93. The number of alkyl halides is 3. The van der Waals surface area contributed by atoms with Crippen LogP contribution in [0.15, 0.2) is 42.5 Å². The SMILES string of the molecule is O=C(/C=C1\CCCOc2cc(C(F)(F)F)ccc21)NC1CCOc2ccc(O)cc21. The van der Waals surface area contributed by atoms with Crippen molar-refractivity contribution in [1.82, 2.24) is 5.32 Å². The lowest BCUT2D eigenvalue weighted by Gasteiger charge is -2.26. The second-order valence-electron chi connectivity index (χ2n) is 7.25. The van der Waals surface area contributed by atoms with E-state index >= 15 is 0 Å². The smallest absolute Gasteiger partial charge is 0.416 e. The molecule has 0 saturated carbocycles. The lowest BCUT2D eigenvalue weighted by atomic mass is 9.98. The Morgan fingerprint density at radius 2 is 1.90 bits per heavy atom. The van der Waals surface area contributed by atoms with Gasteiger partial charge < -0.3 is 19.9 Å². The first-order valence-electron chi connectivity index (χ1n) is 9.62. The van der Waals surface area contributed by atoms with Crippen LogP contribution in [0, 0.1) is 0 Å². The van der Waals surface area contributed by atoms with Gasteiger partial charge >= 0.3 is 6.18 Å². The zero-order chi connectivity index (χ0) is 21.3. The third-order valence-corrected chi connectivity index (χ3v) is 5.16. The molecule has 1 amide bonds. The summed E-state index contributed by atoms with van der Waals surface area (Å²) in [6.07, 6.45) is -1.41. The Morgan fingerprint density at radius 3 is 2.70 bits per heavy atom. The van der Waals surface area contributed by atoms with Crippen molar-refractivity contribution in [2.75, 3.05) is 13.2 Å². The molecule has 5 nitrogen and oxygen atoms in total. The van der Waals surface area contributed by atoms with Gasteiger partial charge in [-0.3, -0.25) is 4.79 Å². The molecular weight excluding hydrogens is 399 g/mol. The van der Waals surface area contributed by atoms with Crippen LogP contribution in [0.1, 0.15) is 42.0 Å². The summed E-state index contributed by atoms with van der Waals surface area (Å²) in [6.45, 7) is 0.704. The molecule has 2 aromatic carbocycles. The molecule has 0 bridgehead atoms. The lowest BCUT2D eigenvalue weighted by molar-refractivity contribution is -0.137. The molecule has 0 aromatic heterocycles. The van der Waals surface area contributed by atoms with Crippen molar-refractivity contribution in [3.8, 4) is 17.2 Å². The highest BCUT2D eigenvalue weighted by molar-refractivity contribution is 5.96. The first kappa shape index (κ1) is 20.1. The molecule has 1 atom stereocenters. The van der Waals surface area contributed by atoms with E-state index in [1.165, 1.54) is 18.2 Å². The van der Waals surface area contributed by atoms with Crippen molar-refractivity contribution in [3.63, 3.8) is 0 Å². The molecule has 0 spiro atoms. The number of halogens is 3. The molecule has 158 valence electrons. The summed E-state index contributed by atoms with van der Waals surface area (Å²) < 4.78 is 50.1. The van der Waals surface area contributed by atoms with Crippen molar-refractivity contribution in [1.29, 1.82) is 0 Å². The van der Waals surface area contributed by atoms with Crippen molar-refractivity contribution in [2.24, 2.45) is 0 Å². The van der Waals surface area contributed by atoms with Crippen LogP contribution in [0.5, 0.6) is 17.2 Å². The quantitative estimate of drug-likeness (QED) is 0.698. The van der Waals surface area contributed by atoms with Crippen molar-refractivity contribution >= 4 is 11.5 Å². The van der Waals surface area contributed by atoms with E-state index in [9.17, 15) is 23.1 Å². The van der Waals surface area contributed by atoms with E-state index in [1.807, 2.05) is 0 Å². The summed E-state index contributed by atoms with van der Waals surface area (Å²) in [5, 5.41) is 12.7. The highest BCUT2D eigenvalue weighted by Gasteiger charge is 2.32.